The van der Waals surface area contributed by atoms with Gasteiger partial charge in [-0.05, 0) is 0 Å². The average molecular weight is 240 g/mol. The molecule has 0 aromatic rings. The Labute approximate surface area is 85.5 Å². The second kappa shape index (κ2) is 33.9. The molecule has 0 aromatic carbocycles. The van der Waals surface area contributed by atoms with Crippen LogP contribution in [0.1, 0.15) is 29.7 Å². The molecule has 0 fully saturated rings. The van der Waals surface area contributed by atoms with Crippen LogP contribution in [0.4, 0.5) is 0 Å². The van der Waals surface area contributed by atoms with Crippen LogP contribution in [0.2, 0.25) is 0 Å². The van der Waals surface area contributed by atoms with E-state index in [0.717, 1.165) is 0 Å². The molecule has 0 rings (SSSR count). The summed E-state index contributed by atoms with van der Waals surface area (Å²) in [5.41, 5.74) is 0. The van der Waals surface area contributed by atoms with Crippen molar-refractivity contribution in [2.75, 3.05) is 6.66 Å². The minimum Gasteiger partial charge on any atom is -0.479 e. The van der Waals surface area contributed by atoms with Gasteiger partial charge in [0.25, 0.3) is 0 Å². The van der Waals surface area contributed by atoms with E-state index in [1.54, 1.807) is 0 Å². The van der Waals surface area contributed by atoms with Crippen molar-refractivity contribution in [1.29, 1.82) is 0 Å². The van der Waals surface area contributed by atoms with Gasteiger partial charge in [0.15, 0.2) is 0 Å². The summed E-state index contributed by atoms with van der Waals surface area (Å²) in [4.78, 5) is 0. The van der Waals surface area contributed by atoms with Gasteiger partial charge in [-0.15, -0.1) is 0 Å². The van der Waals surface area contributed by atoms with Crippen LogP contribution in [0.3, 0.4) is 0 Å². The van der Waals surface area contributed by atoms with E-state index in [1.807, 2.05) is 6.66 Å². The molecular formula is C5H19PS2Zn. The van der Waals surface area contributed by atoms with Crippen LogP contribution >= 0.6 is 5.90 Å². The fourth-order valence-electron chi connectivity index (χ4n) is 0. The Morgan fingerprint density at radius 1 is 1.11 bits per heavy atom. The summed E-state index contributed by atoms with van der Waals surface area (Å²) in [6, 6.07) is 0. The molecule has 4 heteroatoms. The zero-order valence-electron chi connectivity index (χ0n) is 2.97. The summed E-state index contributed by atoms with van der Waals surface area (Å²) >= 11 is 9.00. The largest absolute Gasteiger partial charge is 0.479 e. The third-order valence-corrected chi connectivity index (χ3v) is 0. The molecule has 0 saturated heterocycles. The van der Waals surface area contributed by atoms with Crippen LogP contribution in [0, 0.1) is 0 Å². The molecule has 0 aliphatic rings. The smallest absolute Gasteiger partial charge is 0.132 e. The Balaban J connectivity index is -0.00000000450. The Morgan fingerprint density at radius 2 is 1.11 bits per heavy atom. The first-order chi connectivity index (χ1) is 1.73. The maximum atomic E-state index is 4.50. The predicted octanol–water partition coefficient (Wildman–Crippen LogP) is 3.56. The zero-order chi connectivity index (χ0) is 3.58. The average Bonchev–Trinajstić information content (AvgIpc) is 0.811. The van der Waals surface area contributed by atoms with Gasteiger partial charge in [-0.25, -0.2) is 0 Å². The van der Waals surface area contributed by atoms with Crippen LogP contribution in [0.5, 0.6) is 0 Å². The molecular weight excluding hydrogens is 221 g/mol. The van der Waals surface area contributed by atoms with Gasteiger partial charge < -0.3 is 12.2 Å². The Hall–Kier alpha value is 1.49. The first-order valence-electron chi connectivity index (χ1n) is 0.812. The molecule has 0 heterocycles. The summed E-state index contributed by atoms with van der Waals surface area (Å²) in [5, 5.41) is 0. The van der Waals surface area contributed by atoms with E-state index in [-0.39, 0.29) is 49.2 Å². The number of hydrogen-bond donors (Lipinski definition) is 0. The van der Waals surface area contributed by atoms with Gasteiger partial charge in [-0.1, -0.05) is 29.7 Å². The van der Waals surface area contributed by atoms with E-state index in [9.17, 15) is 0 Å². The maximum Gasteiger partial charge on any atom is 0.132 e. The molecule has 1 atom stereocenters. The van der Waals surface area contributed by atoms with Crippen molar-refractivity contribution in [2.45, 2.75) is 29.7 Å². The fraction of sp³-hybridized carbons (Fsp3) is 1.00. The van der Waals surface area contributed by atoms with Crippen molar-refractivity contribution < 1.29 is 19.5 Å². The molecule has 0 aliphatic carbocycles. The third kappa shape index (κ3) is 239. The fourth-order valence-corrected chi connectivity index (χ4v) is 0. The minimum atomic E-state index is -0.454. The Morgan fingerprint density at radius 3 is 1.11 bits per heavy atom. The Bertz CT molecular complexity index is 37.9. The molecule has 0 spiro atoms. The first kappa shape index (κ1) is 46.8. The molecule has 0 bridgehead atoms. The second-order valence-electron chi connectivity index (χ2n) is 0.440. The van der Waals surface area contributed by atoms with Gasteiger partial charge in [-0.2, -0.15) is 0 Å². The van der Waals surface area contributed by atoms with Crippen molar-refractivity contribution >= 4 is 30.0 Å². The van der Waals surface area contributed by atoms with E-state index in [0.29, 0.717) is 0 Å². The number of rotatable bonds is 0. The van der Waals surface area contributed by atoms with Crippen LogP contribution in [0.25, 0.3) is 0 Å². The van der Waals surface area contributed by atoms with Crippen molar-refractivity contribution in [3.05, 3.63) is 0 Å². The molecule has 58 valence electrons. The van der Waals surface area contributed by atoms with Crippen LogP contribution < -0.4 is 0 Å². The van der Waals surface area contributed by atoms with Crippen LogP contribution in [0.15, 0.2) is 0 Å². The molecule has 9 heavy (non-hydrogen) atoms. The molecule has 1 unspecified atom stereocenters. The van der Waals surface area contributed by atoms with E-state index >= 15 is 0 Å². The molecule has 0 aromatic heterocycles. The van der Waals surface area contributed by atoms with Crippen LogP contribution in [-0.2, 0) is 43.5 Å². The van der Waals surface area contributed by atoms with Gasteiger partial charge in [0, 0.05) is 25.4 Å². The normalized spacial score (nSPS) is 4.89. The minimum absolute atomic E-state index is 0. The van der Waals surface area contributed by atoms with Crippen molar-refractivity contribution in [1.82, 2.24) is 0 Å². The van der Waals surface area contributed by atoms with Gasteiger partial charge in [0.2, 0.25) is 0 Å². The predicted molar refractivity (Wildman–Crippen MR) is 54.5 cm³/mol. The summed E-state index contributed by atoms with van der Waals surface area (Å²) in [6.07, 6.45) is 0. The summed E-state index contributed by atoms with van der Waals surface area (Å²) < 4.78 is 0. The monoisotopic (exact) mass is 238 g/mol. The Kier molecular flexibility index (Phi) is 177. The quantitative estimate of drug-likeness (QED) is 0.360. The van der Waals surface area contributed by atoms with Crippen molar-refractivity contribution in [3.8, 4) is 0 Å². The topological polar surface area (TPSA) is 0 Å². The summed E-state index contributed by atoms with van der Waals surface area (Å²) in [5.74, 6) is -0.454. The van der Waals surface area contributed by atoms with Crippen LogP contribution in [-0.4, -0.2) is 6.66 Å². The molecule has 0 radical (unpaired) electrons. The van der Waals surface area contributed by atoms with Crippen molar-refractivity contribution in [3.63, 3.8) is 0 Å². The van der Waals surface area contributed by atoms with Gasteiger partial charge in [-0.3, -0.25) is 0 Å². The van der Waals surface area contributed by atoms with Gasteiger partial charge >= 0.3 is 0 Å². The van der Waals surface area contributed by atoms with E-state index in [4.69, 9.17) is 0 Å². The SMILES string of the molecule is C.C.C.C.C[P+](=S)[S-].[Zn]. The third-order valence-electron chi connectivity index (χ3n) is 0. The second-order valence-corrected chi connectivity index (χ2v) is 5.30. The first-order valence-corrected chi connectivity index (χ1v) is 4.63. The van der Waals surface area contributed by atoms with Gasteiger partial charge in [0.05, 0.1) is 6.66 Å². The zero-order valence-corrected chi connectivity index (χ0v) is 8.47. The molecule has 0 aliphatic heterocycles. The molecule has 0 nitrogen and oxygen atoms in total. The number of hydrogen-bond acceptors (Lipinski definition) is 2. The maximum absolute atomic E-state index is 4.50. The van der Waals surface area contributed by atoms with E-state index in [1.165, 1.54) is 0 Å². The molecule has 0 amide bonds. The summed E-state index contributed by atoms with van der Waals surface area (Å²) in [7, 11) is 0. The van der Waals surface area contributed by atoms with E-state index < -0.39 is 5.90 Å². The molecule has 0 saturated carbocycles. The summed E-state index contributed by atoms with van der Waals surface area (Å²) in [6.45, 7) is 1.86. The standard InChI is InChI=1S/CH3PS2.4CH4.Zn/c1-2(3)4;;;;;/h1H3;4*1H4;. The van der Waals surface area contributed by atoms with Gasteiger partial charge in [0.1, 0.15) is 11.8 Å². The molecule has 0 N–H and O–H groups in total. The van der Waals surface area contributed by atoms with E-state index in [2.05, 4.69) is 24.1 Å². The van der Waals surface area contributed by atoms with Crippen molar-refractivity contribution in [2.24, 2.45) is 0 Å².